The molecule has 1 amide bonds. The second kappa shape index (κ2) is 7.37. The minimum Gasteiger partial charge on any atom is -0.333 e. The van der Waals surface area contributed by atoms with Crippen LogP contribution in [0.5, 0.6) is 0 Å². The second-order valence-corrected chi connectivity index (χ2v) is 8.31. The maximum atomic E-state index is 12.7. The lowest BCUT2D eigenvalue weighted by atomic mass is 10.1. The van der Waals surface area contributed by atoms with Gasteiger partial charge < -0.3 is 10.2 Å². The van der Waals surface area contributed by atoms with Gasteiger partial charge in [-0.05, 0) is 36.8 Å². The quantitative estimate of drug-likeness (QED) is 0.909. The summed E-state index contributed by atoms with van der Waals surface area (Å²) in [7, 11) is -3.43. The highest BCUT2D eigenvalue weighted by Gasteiger charge is 2.24. The van der Waals surface area contributed by atoms with Crippen molar-refractivity contribution in [3.05, 3.63) is 65.7 Å². The summed E-state index contributed by atoms with van der Waals surface area (Å²) in [6, 6.07) is 15.4. The minimum atomic E-state index is -3.43. The van der Waals surface area contributed by atoms with E-state index < -0.39 is 9.84 Å². The topological polar surface area (TPSA) is 66.5 Å². The summed E-state index contributed by atoms with van der Waals surface area (Å²) < 4.78 is 25.1. The van der Waals surface area contributed by atoms with E-state index >= 15 is 0 Å². The Kier molecular flexibility index (Phi) is 5.20. The molecule has 1 aliphatic rings. The maximum absolute atomic E-state index is 12.7. The van der Waals surface area contributed by atoms with Crippen molar-refractivity contribution in [3.8, 4) is 0 Å². The zero-order valence-corrected chi connectivity index (χ0v) is 15.0. The lowest BCUT2D eigenvalue weighted by molar-refractivity contribution is 0.0655. The molecule has 3 rings (SSSR count). The summed E-state index contributed by atoms with van der Waals surface area (Å²) in [6.07, 6.45) is 0. The number of benzene rings is 2. The van der Waals surface area contributed by atoms with Crippen molar-refractivity contribution in [3.63, 3.8) is 0 Å². The van der Waals surface area contributed by atoms with E-state index in [0.29, 0.717) is 22.6 Å². The fourth-order valence-corrected chi connectivity index (χ4v) is 4.39. The Hall–Kier alpha value is -2.18. The fourth-order valence-electron chi connectivity index (χ4n) is 3.03. The van der Waals surface area contributed by atoms with Crippen molar-refractivity contribution >= 4 is 15.7 Å². The van der Waals surface area contributed by atoms with Crippen molar-refractivity contribution in [2.24, 2.45) is 0 Å². The first-order valence-corrected chi connectivity index (χ1v) is 10.0. The number of sulfone groups is 1. The van der Waals surface area contributed by atoms with Gasteiger partial charge in [0.15, 0.2) is 9.84 Å². The van der Waals surface area contributed by atoms with E-state index in [-0.39, 0.29) is 17.7 Å². The molecule has 1 unspecified atom stereocenters. The van der Waals surface area contributed by atoms with Gasteiger partial charge in [0.05, 0.1) is 10.6 Å². The van der Waals surface area contributed by atoms with E-state index in [0.717, 1.165) is 13.1 Å². The number of carbonyl (C=O) groups excluding carboxylic acids is 1. The largest absolute Gasteiger partial charge is 0.333 e. The number of amides is 1. The number of piperazine rings is 1. The number of carbonyl (C=O) groups is 1. The van der Waals surface area contributed by atoms with Gasteiger partial charge in [0.25, 0.3) is 5.91 Å². The van der Waals surface area contributed by atoms with Crippen LogP contribution in [0.1, 0.15) is 22.8 Å². The molecule has 0 spiro atoms. The molecular formula is C19H22N2O3S. The lowest BCUT2D eigenvalue weighted by Gasteiger charge is -2.34. The number of hydrogen-bond donors (Lipinski definition) is 1. The Morgan fingerprint density at radius 1 is 1.16 bits per heavy atom. The summed E-state index contributed by atoms with van der Waals surface area (Å²) in [5.74, 6) is -0.164. The first-order chi connectivity index (χ1) is 12.0. The molecule has 2 aromatic rings. The molecule has 25 heavy (non-hydrogen) atoms. The van der Waals surface area contributed by atoms with E-state index in [1.807, 2.05) is 11.8 Å². The van der Waals surface area contributed by atoms with Crippen LogP contribution in [0.3, 0.4) is 0 Å². The number of rotatable bonds is 4. The van der Waals surface area contributed by atoms with Gasteiger partial charge in [-0.25, -0.2) is 8.42 Å². The summed E-state index contributed by atoms with van der Waals surface area (Å²) in [5, 5.41) is 3.26. The van der Waals surface area contributed by atoms with Gasteiger partial charge in [0.2, 0.25) is 0 Å². The summed E-state index contributed by atoms with van der Waals surface area (Å²) in [6.45, 7) is 4.21. The van der Waals surface area contributed by atoms with E-state index in [9.17, 15) is 13.2 Å². The van der Waals surface area contributed by atoms with Crippen molar-refractivity contribution < 1.29 is 13.2 Å². The zero-order valence-electron chi connectivity index (χ0n) is 14.2. The van der Waals surface area contributed by atoms with E-state index in [4.69, 9.17) is 0 Å². The first-order valence-electron chi connectivity index (χ1n) is 8.36. The predicted octanol–water partition coefficient (Wildman–Crippen LogP) is 2.09. The summed E-state index contributed by atoms with van der Waals surface area (Å²) >= 11 is 0. The van der Waals surface area contributed by atoms with Crippen molar-refractivity contribution in [1.82, 2.24) is 10.2 Å². The second-order valence-electron chi connectivity index (χ2n) is 6.32. The highest BCUT2D eigenvalue weighted by atomic mass is 32.2. The first kappa shape index (κ1) is 17.6. The molecule has 6 heteroatoms. The fraction of sp³-hybridized carbons (Fsp3) is 0.316. The molecule has 1 fully saturated rings. The third kappa shape index (κ3) is 4.08. The van der Waals surface area contributed by atoms with Gasteiger partial charge in [-0.1, -0.05) is 30.3 Å². The van der Waals surface area contributed by atoms with Crippen LogP contribution in [0.15, 0.2) is 59.5 Å². The van der Waals surface area contributed by atoms with Gasteiger partial charge in [-0.2, -0.15) is 0 Å². The van der Waals surface area contributed by atoms with Crippen LogP contribution in [0.4, 0.5) is 0 Å². The average molecular weight is 358 g/mol. The lowest BCUT2D eigenvalue weighted by Crippen LogP contribution is -2.52. The molecule has 132 valence electrons. The number of nitrogens with zero attached hydrogens (tertiary/aromatic N) is 1. The molecule has 1 saturated heterocycles. The molecule has 0 aliphatic carbocycles. The molecule has 1 N–H and O–H groups in total. The van der Waals surface area contributed by atoms with Crippen LogP contribution in [0.25, 0.3) is 0 Å². The Morgan fingerprint density at radius 2 is 1.92 bits per heavy atom. The molecule has 5 nitrogen and oxygen atoms in total. The molecule has 1 aliphatic heterocycles. The monoisotopic (exact) mass is 358 g/mol. The van der Waals surface area contributed by atoms with Crippen LogP contribution in [0, 0.1) is 0 Å². The van der Waals surface area contributed by atoms with Crippen molar-refractivity contribution in [1.29, 1.82) is 0 Å². The van der Waals surface area contributed by atoms with Crippen molar-refractivity contribution in [2.45, 2.75) is 23.6 Å². The van der Waals surface area contributed by atoms with Gasteiger partial charge >= 0.3 is 0 Å². The Morgan fingerprint density at radius 3 is 2.64 bits per heavy atom. The molecular weight excluding hydrogens is 336 g/mol. The van der Waals surface area contributed by atoms with Crippen molar-refractivity contribution in [2.75, 3.05) is 19.6 Å². The van der Waals surface area contributed by atoms with E-state index in [2.05, 4.69) is 5.32 Å². The van der Waals surface area contributed by atoms with Gasteiger partial charge in [0.1, 0.15) is 0 Å². The molecule has 1 heterocycles. The normalized spacial score (nSPS) is 18.1. The van der Waals surface area contributed by atoms with Crippen LogP contribution < -0.4 is 5.32 Å². The van der Waals surface area contributed by atoms with Crippen LogP contribution in [-0.2, 0) is 15.6 Å². The summed E-state index contributed by atoms with van der Waals surface area (Å²) in [5.41, 5.74) is 1.16. The summed E-state index contributed by atoms with van der Waals surface area (Å²) in [4.78, 5) is 14.9. The van der Waals surface area contributed by atoms with E-state index in [1.54, 1.807) is 54.6 Å². The number of hydrogen-bond acceptors (Lipinski definition) is 4. The van der Waals surface area contributed by atoms with Gasteiger partial charge in [-0.3, -0.25) is 4.79 Å². The molecule has 2 aromatic carbocycles. The zero-order chi connectivity index (χ0) is 17.9. The Balaban J connectivity index is 1.81. The molecule has 0 saturated carbocycles. The highest BCUT2D eigenvalue weighted by molar-refractivity contribution is 7.90. The van der Waals surface area contributed by atoms with Crippen LogP contribution in [0.2, 0.25) is 0 Å². The third-order valence-electron chi connectivity index (χ3n) is 4.40. The van der Waals surface area contributed by atoms with Gasteiger partial charge in [-0.15, -0.1) is 0 Å². The molecule has 0 radical (unpaired) electrons. The number of nitrogens with one attached hydrogen (secondary N) is 1. The Labute approximate surface area is 148 Å². The SMILES string of the molecule is CC1CNCCN1C(=O)c1cccc(CS(=O)(=O)c2ccccc2)c1. The standard InChI is InChI=1S/C19H22N2O3S/c1-15-13-20-10-11-21(15)19(22)17-7-5-6-16(12-17)14-25(23,24)18-8-3-2-4-9-18/h2-9,12,15,20H,10-11,13-14H2,1H3. The Bertz CT molecular complexity index is 850. The van der Waals surface area contributed by atoms with Gasteiger partial charge in [0, 0.05) is 31.2 Å². The van der Waals surface area contributed by atoms with Crippen LogP contribution >= 0.6 is 0 Å². The highest BCUT2D eigenvalue weighted by Crippen LogP contribution is 2.18. The smallest absolute Gasteiger partial charge is 0.254 e. The van der Waals surface area contributed by atoms with E-state index in [1.165, 1.54) is 0 Å². The molecule has 0 aromatic heterocycles. The predicted molar refractivity (Wildman–Crippen MR) is 97.1 cm³/mol. The third-order valence-corrected chi connectivity index (χ3v) is 6.10. The molecule has 1 atom stereocenters. The molecule has 0 bridgehead atoms. The van der Waals surface area contributed by atoms with Crippen LogP contribution in [-0.4, -0.2) is 44.9 Å². The maximum Gasteiger partial charge on any atom is 0.254 e. The minimum absolute atomic E-state index is 0.0482. The average Bonchev–Trinajstić information content (AvgIpc) is 2.62.